The van der Waals surface area contributed by atoms with Crippen molar-refractivity contribution in [2.24, 2.45) is 0 Å². The zero-order valence-electron chi connectivity index (χ0n) is 16.7. The van der Waals surface area contributed by atoms with Crippen LogP contribution in [0.2, 0.25) is 0 Å². The molecule has 0 saturated carbocycles. The molecule has 0 saturated heterocycles. The molecular formula is C25H22N2OS2. The third-order valence-corrected chi connectivity index (χ3v) is 6.27. The van der Waals surface area contributed by atoms with Crippen molar-refractivity contribution in [3.8, 4) is 11.3 Å². The second kappa shape index (κ2) is 9.74. The summed E-state index contributed by atoms with van der Waals surface area (Å²) in [6.07, 6.45) is 0.912. The van der Waals surface area contributed by atoms with Gasteiger partial charge in [0.25, 0.3) is 5.91 Å². The van der Waals surface area contributed by atoms with Gasteiger partial charge in [-0.15, -0.1) is 23.1 Å². The summed E-state index contributed by atoms with van der Waals surface area (Å²) in [6.45, 7) is 2.10. The Morgan fingerprint density at radius 3 is 2.50 bits per heavy atom. The van der Waals surface area contributed by atoms with Crippen molar-refractivity contribution in [2.75, 3.05) is 11.1 Å². The van der Waals surface area contributed by atoms with Crippen molar-refractivity contribution in [3.63, 3.8) is 0 Å². The zero-order chi connectivity index (χ0) is 20.8. The number of carbonyl (C=O) groups excluding carboxylic acids is 1. The van der Waals surface area contributed by atoms with E-state index in [-0.39, 0.29) is 5.91 Å². The molecule has 0 radical (unpaired) electrons. The topological polar surface area (TPSA) is 42.0 Å². The van der Waals surface area contributed by atoms with Gasteiger partial charge in [0, 0.05) is 21.4 Å². The highest BCUT2D eigenvalue weighted by atomic mass is 32.2. The van der Waals surface area contributed by atoms with Crippen LogP contribution in [0.15, 0.2) is 89.1 Å². The van der Waals surface area contributed by atoms with Crippen LogP contribution < -0.4 is 5.32 Å². The van der Waals surface area contributed by atoms with E-state index < -0.39 is 0 Å². The number of anilines is 1. The summed E-state index contributed by atoms with van der Waals surface area (Å²) in [5.74, 6) is 0.845. The first-order chi connectivity index (χ1) is 14.7. The number of nitrogens with zero attached hydrogens (tertiary/aromatic N) is 1. The Kier molecular flexibility index (Phi) is 6.62. The van der Waals surface area contributed by atoms with Crippen LogP contribution in [0.1, 0.15) is 28.4 Å². The molecule has 0 spiro atoms. The summed E-state index contributed by atoms with van der Waals surface area (Å²) < 4.78 is 0. The first-order valence-corrected chi connectivity index (χ1v) is 11.7. The van der Waals surface area contributed by atoms with Gasteiger partial charge in [0.2, 0.25) is 0 Å². The highest BCUT2D eigenvalue weighted by molar-refractivity contribution is 7.99. The van der Waals surface area contributed by atoms with Crippen LogP contribution in [-0.4, -0.2) is 16.6 Å². The summed E-state index contributed by atoms with van der Waals surface area (Å²) in [5, 5.41) is 5.51. The Balaban J connectivity index is 1.42. The number of aromatic nitrogens is 1. The smallest absolute Gasteiger partial charge is 0.257 e. The zero-order valence-corrected chi connectivity index (χ0v) is 18.3. The number of benzene rings is 3. The standard InChI is InChI=1S/C25H22N2OS2/c1-2-29-22-10-6-9-21(16-22)24(28)27-25-26-23(17-30-25)20-13-11-19(12-14-20)15-18-7-4-3-5-8-18/h3-14,16-17H,2,15H2,1H3,(H,26,27,28). The van der Waals surface area contributed by atoms with Gasteiger partial charge in [-0.25, -0.2) is 4.98 Å². The maximum Gasteiger partial charge on any atom is 0.257 e. The van der Waals surface area contributed by atoms with Crippen LogP contribution >= 0.6 is 23.1 Å². The average molecular weight is 431 g/mol. The van der Waals surface area contributed by atoms with Gasteiger partial charge >= 0.3 is 0 Å². The molecule has 30 heavy (non-hydrogen) atoms. The molecule has 0 aliphatic carbocycles. The monoisotopic (exact) mass is 430 g/mol. The fourth-order valence-corrected chi connectivity index (χ4v) is 4.58. The molecule has 0 atom stereocenters. The van der Waals surface area contributed by atoms with Crippen molar-refractivity contribution in [1.82, 2.24) is 4.98 Å². The van der Waals surface area contributed by atoms with E-state index in [0.29, 0.717) is 10.7 Å². The Labute approximate surface area is 185 Å². The maximum absolute atomic E-state index is 12.6. The Morgan fingerprint density at radius 1 is 0.967 bits per heavy atom. The molecule has 3 aromatic carbocycles. The maximum atomic E-state index is 12.6. The van der Waals surface area contributed by atoms with E-state index in [1.165, 1.54) is 22.5 Å². The molecule has 4 rings (SSSR count). The van der Waals surface area contributed by atoms with Gasteiger partial charge in [0.15, 0.2) is 5.13 Å². The van der Waals surface area contributed by atoms with E-state index in [0.717, 1.165) is 28.3 Å². The van der Waals surface area contributed by atoms with Gasteiger partial charge in [0.1, 0.15) is 0 Å². The summed E-state index contributed by atoms with van der Waals surface area (Å²) in [4.78, 5) is 18.3. The van der Waals surface area contributed by atoms with E-state index in [9.17, 15) is 4.79 Å². The van der Waals surface area contributed by atoms with Crippen LogP contribution in [-0.2, 0) is 6.42 Å². The first-order valence-electron chi connectivity index (χ1n) is 9.84. The summed E-state index contributed by atoms with van der Waals surface area (Å²) >= 11 is 3.16. The lowest BCUT2D eigenvalue weighted by Gasteiger charge is -2.04. The number of amides is 1. The molecule has 0 aliphatic rings. The van der Waals surface area contributed by atoms with Crippen LogP contribution in [0.5, 0.6) is 0 Å². The summed E-state index contributed by atoms with van der Waals surface area (Å²) in [7, 11) is 0. The van der Waals surface area contributed by atoms with E-state index in [4.69, 9.17) is 0 Å². The number of rotatable bonds is 7. The van der Waals surface area contributed by atoms with E-state index in [1.807, 2.05) is 35.7 Å². The van der Waals surface area contributed by atoms with E-state index in [1.54, 1.807) is 11.8 Å². The molecule has 0 aliphatic heterocycles. The van der Waals surface area contributed by atoms with Gasteiger partial charge in [-0.1, -0.05) is 67.6 Å². The number of carbonyl (C=O) groups is 1. The molecular weight excluding hydrogens is 408 g/mol. The molecule has 1 aromatic heterocycles. The normalized spacial score (nSPS) is 10.7. The highest BCUT2D eigenvalue weighted by Crippen LogP contribution is 2.26. The quantitative estimate of drug-likeness (QED) is 0.329. The Bertz CT molecular complexity index is 1120. The average Bonchev–Trinajstić information content (AvgIpc) is 3.24. The summed E-state index contributed by atoms with van der Waals surface area (Å²) in [6, 6.07) is 26.6. The van der Waals surface area contributed by atoms with Crippen LogP contribution in [0.25, 0.3) is 11.3 Å². The van der Waals surface area contributed by atoms with Gasteiger partial charge < -0.3 is 0 Å². The second-order valence-electron chi connectivity index (χ2n) is 6.81. The van der Waals surface area contributed by atoms with E-state index >= 15 is 0 Å². The van der Waals surface area contributed by atoms with Gasteiger partial charge in [-0.05, 0) is 41.5 Å². The molecule has 1 amide bonds. The number of thiazole rings is 1. The van der Waals surface area contributed by atoms with Crippen LogP contribution in [0, 0.1) is 0 Å². The minimum atomic E-state index is -0.132. The molecule has 5 heteroatoms. The lowest BCUT2D eigenvalue weighted by molar-refractivity contribution is 0.102. The van der Waals surface area contributed by atoms with Crippen LogP contribution in [0.3, 0.4) is 0 Å². The fraction of sp³-hybridized carbons (Fsp3) is 0.120. The lowest BCUT2D eigenvalue weighted by Crippen LogP contribution is -2.11. The van der Waals surface area contributed by atoms with Crippen molar-refractivity contribution < 1.29 is 4.79 Å². The SMILES string of the molecule is CCSc1cccc(C(=O)Nc2nc(-c3ccc(Cc4ccccc4)cc3)cs2)c1. The van der Waals surface area contributed by atoms with Crippen molar-refractivity contribution in [3.05, 3.63) is 101 Å². The van der Waals surface area contributed by atoms with Gasteiger partial charge in [-0.2, -0.15) is 0 Å². The lowest BCUT2D eigenvalue weighted by atomic mass is 10.0. The molecule has 0 bridgehead atoms. The second-order valence-corrected chi connectivity index (χ2v) is 9.01. The Morgan fingerprint density at radius 2 is 1.73 bits per heavy atom. The minimum Gasteiger partial charge on any atom is -0.298 e. The molecule has 1 heterocycles. The molecule has 4 aromatic rings. The van der Waals surface area contributed by atoms with Gasteiger partial charge in [-0.3, -0.25) is 10.1 Å². The number of nitrogens with one attached hydrogen (secondary N) is 1. The summed E-state index contributed by atoms with van der Waals surface area (Å²) in [5.41, 5.74) is 5.13. The first kappa shape index (κ1) is 20.4. The minimum absolute atomic E-state index is 0.132. The third-order valence-electron chi connectivity index (χ3n) is 4.63. The number of hydrogen-bond acceptors (Lipinski definition) is 4. The van der Waals surface area contributed by atoms with Crippen LogP contribution in [0.4, 0.5) is 5.13 Å². The Hall–Kier alpha value is -2.89. The number of hydrogen-bond donors (Lipinski definition) is 1. The van der Waals surface area contributed by atoms with Crippen molar-refractivity contribution in [1.29, 1.82) is 0 Å². The largest absolute Gasteiger partial charge is 0.298 e. The predicted octanol–water partition coefficient (Wildman–Crippen LogP) is 6.77. The molecule has 3 nitrogen and oxygen atoms in total. The van der Waals surface area contributed by atoms with Crippen molar-refractivity contribution in [2.45, 2.75) is 18.2 Å². The van der Waals surface area contributed by atoms with Crippen molar-refractivity contribution >= 4 is 34.1 Å². The number of thioether (sulfide) groups is 1. The predicted molar refractivity (Wildman–Crippen MR) is 128 cm³/mol. The van der Waals surface area contributed by atoms with Gasteiger partial charge in [0.05, 0.1) is 5.69 Å². The van der Waals surface area contributed by atoms with E-state index in [2.05, 4.69) is 65.8 Å². The highest BCUT2D eigenvalue weighted by Gasteiger charge is 2.11. The molecule has 1 N–H and O–H groups in total. The molecule has 0 fully saturated rings. The third kappa shape index (κ3) is 5.17. The molecule has 150 valence electrons. The molecule has 0 unspecified atom stereocenters. The fourth-order valence-electron chi connectivity index (χ4n) is 3.15.